The maximum atomic E-state index is 5.21. The van der Waals surface area contributed by atoms with Crippen molar-refractivity contribution in [2.45, 2.75) is 41.4 Å². The summed E-state index contributed by atoms with van der Waals surface area (Å²) in [5.74, 6) is 0. The van der Waals surface area contributed by atoms with Crippen molar-refractivity contribution >= 4 is 29.4 Å². The molecule has 1 aliphatic heterocycles. The van der Waals surface area contributed by atoms with Gasteiger partial charge in [-0.1, -0.05) is 38.1 Å². The Morgan fingerprint density at radius 1 is 1.19 bits per heavy atom. The van der Waals surface area contributed by atoms with Crippen molar-refractivity contribution in [2.24, 2.45) is 0 Å². The van der Waals surface area contributed by atoms with Gasteiger partial charge >= 0.3 is 0 Å². The van der Waals surface area contributed by atoms with Crippen molar-refractivity contribution in [1.82, 2.24) is 5.32 Å². The zero-order valence-electron chi connectivity index (χ0n) is 16.0. The Labute approximate surface area is 166 Å². The lowest BCUT2D eigenvalue weighted by atomic mass is 9.97. The molecule has 2 aromatic rings. The Morgan fingerprint density at radius 3 is 2.77 bits per heavy atom. The van der Waals surface area contributed by atoms with Gasteiger partial charge in [0.05, 0.1) is 11.7 Å². The highest BCUT2D eigenvalue weighted by Crippen LogP contribution is 2.44. The fraction of sp³-hybridized carbons (Fsp3) is 0.429. The second-order valence-corrected chi connectivity index (χ2v) is 9.57. The number of nitrogens with one attached hydrogen (secondary N) is 1. The SMILES string of the molecule is COCCCNC1c2ccc(SC(C)C)cc2SN(C)c2ccccc21. The van der Waals surface area contributed by atoms with Gasteiger partial charge in [0, 0.05) is 35.8 Å². The van der Waals surface area contributed by atoms with E-state index in [1.54, 1.807) is 7.11 Å². The van der Waals surface area contributed by atoms with E-state index in [1.807, 2.05) is 23.7 Å². The molecular formula is C21H28N2OS2. The summed E-state index contributed by atoms with van der Waals surface area (Å²) in [6, 6.07) is 15.8. The predicted octanol–water partition coefficient (Wildman–Crippen LogP) is 5.36. The van der Waals surface area contributed by atoms with Gasteiger partial charge in [0.25, 0.3) is 0 Å². The van der Waals surface area contributed by atoms with Gasteiger partial charge in [0.2, 0.25) is 0 Å². The molecule has 0 spiro atoms. The molecule has 1 unspecified atom stereocenters. The minimum atomic E-state index is 0.202. The van der Waals surface area contributed by atoms with E-state index < -0.39 is 0 Å². The molecule has 0 aromatic heterocycles. The lowest BCUT2D eigenvalue weighted by Gasteiger charge is -2.22. The Morgan fingerprint density at radius 2 is 2.00 bits per heavy atom. The summed E-state index contributed by atoms with van der Waals surface area (Å²) in [5.41, 5.74) is 3.97. The first-order chi connectivity index (χ1) is 12.6. The Bertz CT molecular complexity index is 736. The van der Waals surface area contributed by atoms with Gasteiger partial charge in [-0.25, -0.2) is 0 Å². The molecule has 0 saturated carbocycles. The smallest absolute Gasteiger partial charge is 0.0609 e. The van der Waals surface area contributed by atoms with Gasteiger partial charge < -0.3 is 14.4 Å². The maximum absolute atomic E-state index is 5.21. The van der Waals surface area contributed by atoms with Gasteiger partial charge in [-0.2, -0.15) is 0 Å². The van der Waals surface area contributed by atoms with E-state index in [2.05, 4.69) is 73.0 Å². The molecule has 140 valence electrons. The van der Waals surface area contributed by atoms with Crippen LogP contribution in [0, 0.1) is 0 Å². The van der Waals surface area contributed by atoms with Gasteiger partial charge in [0.1, 0.15) is 0 Å². The Balaban J connectivity index is 1.97. The molecule has 1 N–H and O–H groups in total. The highest BCUT2D eigenvalue weighted by Gasteiger charge is 2.26. The van der Waals surface area contributed by atoms with Gasteiger partial charge in [-0.05, 0) is 54.2 Å². The molecule has 1 heterocycles. The number of hydrogen-bond donors (Lipinski definition) is 1. The zero-order chi connectivity index (χ0) is 18.5. The maximum Gasteiger partial charge on any atom is 0.0609 e. The van der Waals surface area contributed by atoms with Crippen LogP contribution >= 0.6 is 23.7 Å². The average Bonchev–Trinajstić information content (AvgIpc) is 2.73. The van der Waals surface area contributed by atoms with E-state index in [0.29, 0.717) is 5.25 Å². The second kappa shape index (κ2) is 9.18. The third-order valence-electron chi connectivity index (χ3n) is 4.36. The number of nitrogens with zero attached hydrogens (tertiary/aromatic N) is 1. The minimum absolute atomic E-state index is 0.202. The van der Waals surface area contributed by atoms with E-state index in [1.165, 1.54) is 26.6 Å². The van der Waals surface area contributed by atoms with Gasteiger partial charge in [0.15, 0.2) is 0 Å². The van der Waals surface area contributed by atoms with Crippen LogP contribution in [0.3, 0.4) is 0 Å². The monoisotopic (exact) mass is 388 g/mol. The number of anilines is 1. The Hall–Kier alpha value is -1.14. The zero-order valence-corrected chi connectivity index (χ0v) is 17.6. The molecular weight excluding hydrogens is 360 g/mol. The molecule has 0 saturated heterocycles. The summed E-state index contributed by atoms with van der Waals surface area (Å²) < 4.78 is 7.50. The highest BCUT2D eigenvalue weighted by atomic mass is 32.2. The summed E-state index contributed by atoms with van der Waals surface area (Å²) in [6.45, 7) is 6.20. The fourth-order valence-corrected chi connectivity index (χ4v) is 5.23. The third kappa shape index (κ3) is 4.58. The van der Waals surface area contributed by atoms with Crippen molar-refractivity contribution in [3.05, 3.63) is 53.6 Å². The normalized spacial score (nSPS) is 16.3. The predicted molar refractivity (Wildman–Crippen MR) is 114 cm³/mol. The van der Waals surface area contributed by atoms with Crippen LogP contribution in [-0.2, 0) is 4.74 Å². The van der Waals surface area contributed by atoms with Gasteiger partial charge in [-0.3, -0.25) is 0 Å². The van der Waals surface area contributed by atoms with E-state index >= 15 is 0 Å². The number of para-hydroxylation sites is 1. The summed E-state index contributed by atoms with van der Waals surface area (Å²) >= 11 is 3.74. The van der Waals surface area contributed by atoms with Crippen molar-refractivity contribution < 1.29 is 4.74 Å². The molecule has 26 heavy (non-hydrogen) atoms. The largest absolute Gasteiger partial charge is 0.385 e. The van der Waals surface area contributed by atoms with Crippen LogP contribution in [0.25, 0.3) is 0 Å². The molecule has 3 nitrogen and oxygen atoms in total. The molecule has 0 amide bonds. The van der Waals surface area contributed by atoms with E-state index in [9.17, 15) is 0 Å². The first-order valence-electron chi connectivity index (χ1n) is 9.13. The molecule has 3 rings (SSSR count). The summed E-state index contributed by atoms with van der Waals surface area (Å²) in [5, 5.41) is 4.35. The van der Waals surface area contributed by atoms with Crippen molar-refractivity contribution in [3.63, 3.8) is 0 Å². The average molecular weight is 389 g/mol. The number of hydrogen-bond acceptors (Lipinski definition) is 5. The van der Waals surface area contributed by atoms with Crippen molar-refractivity contribution in [1.29, 1.82) is 0 Å². The van der Waals surface area contributed by atoms with Crippen molar-refractivity contribution in [2.75, 3.05) is 31.6 Å². The molecule has 2 aromatic carbocycles. The standard InChI is InChI=1S/C21H28N2OS2/c1-15(2)25-16-10-11-18-20(14-16)26-23(3)19-9-6-5-8-17(19)21(18)22-12-7-13-24-4/h5-6,8-11,14-15,21-22H,7,12-13H2,1-4H3. The highest BCUT2D eigenvalue weighted by molar-refractivity contribution is 8.01. The van der Waals surface area contributed by atoms with Crippen LogP contribution in [-0.4, -0.2) is 32.6 Å². The number of fused-ring (bicyclic) bond motifs is 2. The molecule has 0 aliphatic carbocycles. The summed E-state index contributed by atoms with van der Waals surface area (Å²) in [7, 11) is 3.92. The molecule has 0 bridgehead atoms. The molecule has 5 heteroatoms. The molecule has 0 radical (unpaired) electrons. The van der Waals surface area contributed by atoms with Crippen molar-refractivity contribution in [3.8, 4) is 0 Å². The topological polar surface area (TPSA) is 24.5 Å². The van der Waals surface area contributed by atoms with E-state index in [-0.39, 0.29) is 6.04 Å². The molecule has 0 fully saturated rings. The van der Waals surface area contributed by atoms with E-state index in [4.69, 9.17) is 4.74 Å². The van der Waals surface area contributed by atoms with Crippen LogP contribution < -0.4 is 9.62 Å². The second-order valence-electron chi connectivity index (χ2n) is 6.75. The molecule has 1 aliphatic rings. The Kier molecular flexibility index (Phi) is 6.92. The number of thioether (sulfide) groups is 1. The van der Waals surface area contributed by atoms with E-state index in [0.717, 1.165) is 19.6 Å². The van der Waals surface area contributed by atoms with Crippen LogP contribution in [0.2, 0.25) is 0 Å². The minimum Gasteiger partial charge on any atom is -0.385 e. The quantitative estimate of drug-likeness (QED) is 0.391. The number of ether oxygens (including phenoxy) is 1. The fourth-order valence-electron chi connectivity index (χ4n) is 3.24. The van der Waals surface area contributed by atoms with Crippen LogP contribution in [0.15, 0.2) is 52.3 Å². The first-order valence-corrected chi connectivity index (χ1v) is 10.8. The lowest BCUT2D eigenvalue weighted by molar-refractivity contribution is 0.193. The van der Waals surface area contributed by atoms with Crippen LogP contribution in [0.4, 0.5) is 5.69 Å². The number of benzene rings is 2. The summed E-state index contributed by atoms with van der Waals surface area (Å²) in [4.78, 5) is 2.67. The lowest BCUT2D eigenvalue weighted by Crippen LogP contribution is -2.25. The number of rotatable bonds is 7. The van der Waals surface area contributed by atoms with Gasteiger partial charge in [-0.15, -0.1) is 11.8 Å². The van der Waals surface area contributed by atoms with Crippen LogP contribution in [0.1, 0.15) is 37.4 Å². The number of methoxy groups -OCH3 is 1. The third-order valence-corrected chi connectivity index (χ3v) is 6.38. The first kappa shape index (κ1) is 19.6. The molecule has 1 atom stereocenters. The van der Waals surface area contributed by atoms with Crippen LogP contribution in [0.5, 0.6) is 0 Å². The summed E-state index contributed by atoms with van der Waals surface area (Å²) in [6.07, 6.45) is 1.01.